The van der Waals surface area contributed by atoms with Gasteiger partial charge in [-0.2, -0.15) is 0 Å². The van der Waals surface area contributed by atoms with E-state index >= 15 is 0 Å². The van der Waals surface area contributed by atoms with Crippen LogP contribution in [0.2, 0.25) is 0 Å². The molecule has 1 heterocycles. The van der Waals surface area contributed by atoms with Crippen LogP contribution in [0.5, 0.6) is 0 Å². The van der Waals surface area contributed by atoms with Crippen molar-refractivity contribution in [2.24, 2.45) is 0 Å². The number of ether oxygens (including phenoxy) is 1. The molecular weight excluding hydrogens is 382 g/mol. The van der Waals surface area contributed by atoms with Crippen LogP contribution in [0, 0.1) is 18.6 Å². The number of carbonyl (C=O) groups is 2. The second kappa shape index (κ2) is 8.42. The Morgan fingerprint density at radius 3 is 2.38 bits per heavy atom. The van der Waals surface area contributed by atoms with Crippen molar-refractivity contribution in [1.29, 1.82) is 0 Å². The smallest absolute Gasteiger partial charge is 0.337 e. The van der Waals surface area contributed by atoms with Gasteiger partial charge in [0.1, 0.15) is 34.7 Å². The molecule has 3 rings (SSSR count). The number of hydrogen-bond acceptors (Lipinski definition) is 6. The number of para-hydroxylation sites is 1. The van der Waals surface area contributed by atoms with Crippen molar-refractivity contribution in [3.05, 3.63) is 77.2 Å². The molecule has 3 aromatic rings. The zero-order valence-corrected chi connectivity index (χ0v) is 15.5. The summed E-state index contributed by atoms with van der Waals surface area (Å²) in [6.45, 7) is 1.57. The Balaban J connectivity index is 1.85. The second-order valence-electron chi connectivity index (χ2n) is 5.93. The lowest BCUT2D eigenvalue weighted by Crippen LogP contribution is -2.17. The van der Waals surface area contributed by atoms with Crippen LogP contribution in [-0.4, -0.2) is 29.0 Å². The van der Waals surface area contributed by atoms with Gasteiger partial charge in [0.25, 0.3) is 5.91 Å². The van der Waals surface area contributed by atoms with Gasteiger partial charge in [0.2, 0.25) is 0 Å². The molecule has 0 unspecified atom stereocenters. The molecule has 0 atom stereocenters. The normalized spacial score (nSPS) is 10.3. The van der Waals surface area contributed by atoms with Crippen LogP contribution in [0.1, 0.15) is 26.7 Å². The van der Waals surface area contributed by atoms with Crippen molar-refractivity contribution >= 4 is 29.1 Å². The molecule has 0 aliphatic rings. The largest absolute Gasteiger partial charge is 0.465 e. The van der Waals surface area contributed by atoms with E-state index in [0.717, 1.165) is 12.1 Å². The lowest BCUT2D eigenvalue weighted by molar-refractivity contribution is 0.0600. The van der Waals surface area contributed by atoms with E-state index in [9.17, 15) is 18.4 Å². The van der Waals surface area contributed by atoms with Crippen LogP contribution in [0.15, 0.2) is 48.5 Å². The van der Waals surface area contributed by atoms with E-state index in [1.165, 1.54) is 19.2 Å². The highest BCUT2D eigenvalue weighted by Gasteiger charge is 2.16. The molecule has 0 fully saturated rings. The molecule has 0 aliphatic heterocycles. The summed E-state index contributed by atoms with van der Waals surface area (Å²) in [5, 5.41) is 5.14. The first kappa shape index (κ1) is 19.9. The number of aromatic nitrogens is 2. The summed E-state index contributed by atoms with van der Waals surface area (Å²) in [5.41, 5.74) is 0.203. The fraction of sp³-hybridized carbons (Fsp3) is 0.100. The van der Waals surface area contributed by atoms with Crippen LogP contribution in [0.3, 0.4) is 0 Å². The first-order chi connectivity index (χ1) is 13.9. The van der Waals surface area contributed by atoms with E-state index in [-0.39, 0.29) is 17.3 Å². The molecule has 7 nitrogen and oxygen atoms in total. The molecule has 0 bridgehead atoms. The third kappa shape index (κ3) is 4.70. The molecule has 0 saturated carbocycles. The van der Waals surface area contributed by atoms with E-state index in [4.69, 9.17) is 0 Å². The van der Waals surface area contributed by atoms with Crippen molar-refractivity contribution in [2.45, 2.75) is 6.92 Å². The Hall–Kier alpha value is -3.88. The molecule has 29 heavy (non-hydrogen) atoms. The number of carbonyl (C=O) groups excluding carboxylic acids is 2. The van der Waals surface area contributed by atoms with Gasteiger partial charge in [0, 0.05) is 11.8 Å². The molecule has 0 spiro atoms. The number of halogens is 2. The van der Waals surface area contributed by atoms with Crippen molar-refractivity contribution in [2.75, 3.05) is 17.7 Å². The van der Waals surface area contributed by atoms with Gasteiger partial charge < -0.3 is 15.4 Å². The van der Waals surface area contributed by atoms with Gasteiger partial charge in [-0.05, 0) is 37.3 Å². The molecule has 0 aliphatic carbocycles. The molecule has 9 heteroatoms. The zero-order chi connectivity index (χ0) is 21.0. The number of rotatable bonds is 5. The van der Waals surface area contributed by atoms with Crippen LogP contribution in [0.4, 0.5) is 26.0 Å². The predicted octanol–water partition coefficient (Wildman–Crippen LogP) is 3.85. The zero-order valence-electron chi connectivity index (χ0n) is 15.5. The summed E-state index contributed by atoms with van der Waals surface area (Å²) in [5.74, 6) is -2.58. The number of methoxy groups -OCH3 is 1. The quantitative estimate of drug-likeness (QED) is 0.635. The fourth-order valence-corrected chi connectivity index (χ4v) is 2.53. The third-order valence-electron chi connectivity index (χ3n) is 3.83. The topological polar surface area (TPSA) is 93.2 Å². The molecule has 1 amide bonds. The van der Waals surface area contributed by atoms with Gasteiger partial charge >= 0.3 is 5.97 Å². The van der Waals surface area contributed by atoms with Gasteiger partial charge in [-0.3, -0.25) is 4.79 Å². The number of anilines is 3. The number of esters is 1. The third-order valence-corrected chi connectivity index (χ3v) is 3.83. The van der Waals surface area contributed by atoms with E-state index < -0.39 is 29.2 Å². The van der Waals surface area contributed by atoms with Crippen molar-refractivity contribution in [3.8, 4) is 0 Å². The summed E-state index contributed by atoms with van der Waals surface area (Å²) in [6.07, 6.45) is 0. The summed E-state index contributed by atoms with van der Waals surface area (Å²) in [4.78, 5) is 32.3. The van der Waals surface area contributed by atoms with Crippen molar-refractivity contribution in [1.82, 2.24) is 9.97 Å². The Morgan fingerprint density at radius 1 is 1.00 bits per heavy atom. The number of nitrogens with zero attached hydrogens (tertiary/aromatic N) is 2. The minimum absolute atomic E-state index is 0.0909. The van der Waals surface area contributed by atoms with E-state index in [2.05, 4.69) is 25.3 Å². The predicted molar refractivity (Wildman–Crippen MR) is 102 cm³/mol. The lowest BCUT2D eigenvalue weighted by Gasteiger charge is -2.10. The van der Waals surface area contributed by atoms with Crippen LogP contribution < -0.4 is 10.6 Å². The minimum Gasteiger partial charge on any atom is -0.465 e. The van der Waals surface area contributed by atoms with E-state index in [0.29, 0.717) is 11.3 Å². The monoisotopic (exact) mass is 398 g/mol. The SMILES string of the molecule is COC(=O)c1cccc(Nc2cc(C(=O)Nc3c(F)cccc3F)nc(C)n2)c1. The second-order valence-corrected chi connectivity index (χ2v) is 5.93. The average molecular weight is 398 g/mol. The number of nitrogens with one attached hydrogen (secondary N) is 2. The maximum atomic E-state index is 13.8. The molecule has 1 aromatic heterocycles. The van der Waals surface area contributed by atoms with Gasteiger partial charge in [0.05, 0.1) is 12.7 Å². The Bertz CT molecular complexity index is 1070. The Morgan fingerprint density at radius 2 is 1.69 bits per heavy atom. The van der Waals surface area contributed by atoms with Crippen LogP contribution in [-0.2, 0) is 4.74 Å². The van der Waals surface area contributed by atoms with Gasteiger partial charge in [-0.25, -0.2) is 23.5 Å². The van der Waals surface area contributed by atoms with Crippen LogP contribution >= 0.6 is 0 Å². The Labute approximate surface area is 164 Å². The standard InChI is InChI=1S/C20H16F2N4O3/c1-11-23-16(19(27)26-18-14(21)7-4-8-15(18)22)10-17(24-11)25-13-6-3-5-12(9-13)20(28)29-2/h3-10H,1-2H3,(H,26,27)(H,23,24,25). The average Bonchev–Trinajstić information content (AvgIpc) is 2.70. The van der Waals surface area contributed by atoms with E-state index in [1.54, 1.807) is 31.2 Å². The molecule has 2 N–H and O–H groups in total. The molecular formula is C20H16F2N4O3. The van der Waals surface area contributed by atoms with Crippen molar-refractivity contribution < 1.29 is 23.1 Å². The highest BCUT2D eigenvalue weighted by Crippen LogP contribution is 2.21. The molecule has 0 radical (unpaired) electrons. The summed E-state index contributed by atoms with van der Waals surface area (Å²) in [6, 6.07) is 11.1. The molecule has 148 valence electrons. The first-order valence-electron chi connectivity index (χ1n) is 8.44. The van der Waals surface area contributed by atoms with Crippen molar-refractivity contribution in [3.63, 3.8) is 0 Å². The Kier molecular flexibility index (Phi) is 5.77. The van der Waals surface area contributed by atoms with Gasteiger partial charge in [0.15, 0.2) is 0 Å². The van der Waals surface area contributed by atoms with Gasteiger partial charge in [-0.1, -0.05) is 12.1 Å². The maximum Gasteiger partial charge on any atom is 0.337 e. The summed E-state index contributed by atoms with van der Waals surface area (Å²) in [7, 11) is 1.28. The summed E-state index contributed by atoms with van der Waals surface area (Å²) >= 11 is 0. The fourth-order valence-electron chi connectivity index (χ4n) is 2.53. The number of aryl methyl sites for hydroxylation is 1. The minimum atomic E-state index is -0.901. The van der Waals surface area contributed by atoms with Crippen LogP contribution in [0.25, 0.3) is 0 Å². The maximum absolute atomic E-state index is 13.8. The number of hydrogen-bond donors (Lipinski definition) is 2. The number of benzene rings is 2. The highest BCUT2D eigenvalue weighted by atomic mass is 19.1. The first-order valence-corrected chi connectivity index (χ1v) is 8.44. The molecule has 0 saturated heterocycles. The lowest BCUT2D eigenvalue weighted by atomic mass is 10.2. The molecule has 2 aromatic carbocycles. The highest BCUT2D eigenvalue weighted by molar-refractivity contribution is 6.03. The number of amides is 1. The summed E-state index contributed by atoms with van der Waals surface area (Å²) < 4.78 is 32.2. The van der Waals surface area contributed by atoms with E-state index in [1.807, 2.05) is 0 Å². The van der Waals surface area contributed by atoms with Gasteiger partial charge in [-0.15, -0.1) is 0 Å².